The van der Waals surface area contributed by atoms with Gasteiger partial charge < -0.3 is 9.57 Å². The first-order valence-corrected chi connectivity index (χ1v) is 14.4. The van der Waals surface area contributed by atoms with Gasteiger partial charge in [-0.1, -0.05) is 34.8 Å². The lowest BCUT2D eigenvalue weighted by Gasteiger charge is -2.36. The highest BCUT2D eigenvalue weighted by Gasteiger charge is 2.46. The summed E-state index contributed by atoms with van der Waals surface area (Å²) in [6.45, 7) is 4.50. The van der Waals surface area contributed by atoms with E-state index in [-0.39, 0.29) is 17.4 Å². The number of aromatic nitrogens is 1. The lowest BCUT2D eigenvalue weighted by molar-refractivity contribution is -0.199. The Labute approximate surface area is 230 Å². The number of alkyl halides is 3. The molecule has 1 aromatic heterocycles. The van der Waals surface area contributed by atoms with E-state index in [4.69, 9.17) is 4.74 Å². The minimum absolute atomic E-state index is 0.148. The fourth-order valence-electron chi connectivity index (χ4n) is 4.26. The first kappa shape index (κ1) is 29.7. The van der Waals surface area contributed by atoms with Gasteiger partial charge in [-0.3, -0.25) is 4.90 Å². The Bertz CT molecular complexity index is 1450. The van der Waals surface area contributed by atoms with Crippen LogP contribution >= 0.6 is 11.3 Å². The van der Waals surface area contributed by atoms with Crippen molar-refractivity contribution in [2.24, 2.45) is 0 Å². The number of halogens is 5. The summed E-state index contributed by atoms with van der Waals surface area (Å²) in [5.41, 5.74) is 1.78. The Morgan fingerprint density at radius 1 is 1.18 bits per heavy atom. The Balaban J connectivity index is 1.55. The third kappa shape index (κ3) is 6.20. The van der Waals surface area contributed by atoms with Crippen LogP contribution < -0.4 is 9.21 Å². The van der Waals surface area contributed by atoms with Crippen molar-refractivity contribution in [1.29, 1.82) is 0 Å². The average Bonchev–Trinajstić information content (AvgIpc) is 3.44. The van der Waals surface area contributed by atoms with Gasteiger partial charge >= 0.3 is 22.2 Å². The van der Waals surface area contributed by atoms with Crippen LogP contribution in [-0.4, -0.2) is 49.6 Å². The molecule has 1 aliphatic heterocycles. The molecule has 15 heteroatoms. The molecule has 0 radical (unpaired) electrons. The summed E-state index contributed by atoms with van der Waals surface area (Å²) in [4.78, 5) is 19.5. The van der Waals surface area contributed by atoms with E-state index in [0.29, 0.717) is 32.0 Å². The fourth-order valence-corrected chi connectivity index (χ4v) is 6.20. The summed E-state index contributed by atoms with van der Waals surface area (Å²) in [6.07, 6.45) is -4.95. The minimum Gasteiger partial charge on any atom is -0.490 e. The first-order chi connectivity index (χ1) is 18.8. The molecule has 1 fully saturated rings. The number of benzene rings is 2. The monoisotopic (exact) mass is 605 g/mol. The number of sulfonamides is 1. The molecule has 216 valence electrons. The normalized spacial score (nSPS) is 16.0. The Morgan fingerprint density at radius 3 is 2.40 bits per heavy atom. The predicted octanol–water partition coefficient (Wildman–Crippen LogP) is 5.55. The maximum Gasteiger partial charge on any atom is 0.493 e. The second-order valence-electron chi connectivity index (χ2n) is 9.02. The van der Waals surface area contributed by atoms with Crippen LogP contribution in [0.5, 0.6) is 5.75 Å². The van der Waals surface area contributed by atoms with Gasteiger partial charge in [-0.2, -0.15) is 21.6 Å². The average molecular weight is 606 g/mol. The number of piperidine rings is 1. The third-order valence-electron chi connectivity index (χ3n) is 6.45. The van der Waals surface area contributed by atoms with E-state index in [9.17, 15) is 26.4 Å². The van der Waals surface area contributed by atoms with Crippen LogP contribution in [0.1, 0.15) is 36.9 Å². The maximum atomic E-state index is 15.4. The topological polar surface area (TPSA) is 89.0 Å². The summed E-state index contributed by atoms with van der Waals surface area (Å²) >= 11 is 0.747. The first-order valence-electron chi connectivity index (χ1n) is 12.0. The van der Waals surface area contributed by atoms with Crippen molar-refractivity contribution in [2.75, 3.05) is 17.6 Å². The smallest absolute Gasteiger partial charge is 0.490 e. The van der Waals surface area contributed by atoms with Crippen molar-refractivity contribution < 1.29 is 44.7 Å². The number of ether oxygens (including phenoxy) is 1. The predicted molar refractivity (Wildman–Crippen MR) is 135 cm³/mol. The largest absolute Gasteiger partial charge is 0.493 e. The number of hydrogen-bond donors (Lipinski definition) is 0. The Kier molecular flexibility index (Phi) is 8.66. The summed E-state index contributed by atoms with van der Waals surface area (Å²) in [6, 6.07) is 10.7. The standard InChI is InChI=1S/C25H24F5N3O5S2/c1-15-20(37-18-8-10-32(11-9-18)16(2)17-6-4-3-5-7-17)12-19(26)23(22(15)27)40(35,36)33(21-13-39-14-31-21)38-24(34)25(28,29)30/h3-7,12-14,16,18H,8-11H2,1-2H3/t16-/m1/s1. The summed E-state index contributed by atoms with van der Waals surface area (Å²) < 4.78 is 101. The van der Waals surface area contributed by atoms with Crippen molar-refractivity contribution in [3.8, 4) is 5.75 Å². The molecule has 2 aromatic carbocycles. The van der Waals surface area contributed by atoms with Gasteiger partial charge in [0, 0.05) is 36.1 Å². The van der Waals surface area contributed by atoms with Crippen molar-refractivity contribution in [2.45, 2.75) is 49.9 Å². The van der Waals surface area contributed by atoms with E-state index in [2.05, 4.69) is 21.6 Å². The van der Waals surface area contributed by atoms with E-state index >= 15 is 8.78 Å². The van der Waals surface area contributed by atoms with Crippen molar-refractivity contribution in [3.63, 3.8) is 0 Å². The van der Waals surface area contributed by atoms with Crippen LogP contribution in [0, 0.1) is 18.6 Å². The van der Waals surface area contributed by atoms with Crippen LogP contribution in [0.3, 0.4) is 0 Å². The summed E-state index contributed by atoms with van der Waals surface area (Å²) in [5.74, 6) is -7.22. The molecule has 1 aliphatic rings. The molecule has 0 amide bonds. The number of thiazole rings is 1. The molecule has 0 saturated carbocycles. The van der Waals surface area contributed by atoms with E-state index in [1.165, 1.54) is 0 Å². The fraction of sp³-hybridized carbons (Fsp3) is 0.360. The summed E-state index contributed by atoms with van der Waals surface area (Å²) in [7, 11) is -5.53. The van der Waals surface area contributed by atoms with Crippen molar-refractivity contribution in [1.82, 2.24) is 9.88 Å². The third-order valence-corrected chi connectivity index (χ3v) is 8.62. The molecule has 0 bridgehead atoms. The molecule has 3 aromatic rings. The second kappa shape index (κ2) is 11.7. The van der Waals surface area contributed by atoms with Gasteiger partial charge in [0.2, 0.25) is 0 Å². The van der Waals surface area contributed by atoms with E-state index in [0.717, 1.165) is 34.7 Å². The number of nitrogens with zero attached hydrogens (tertiary/aromatic N) is 3. The molecule has 0 aliphatic carbocycles. The number of carbonyl (C=O) groups excluding carboxylic acids is 1. The van der Waals surface area contributed by atoms with Crippen LogP contribution in [0.2, 0.25) is 0 Å². The zero-order chi connectivity index (χ0) is 29.2. The molecule has 0 N–H and O–H groups in total. The van der Waals surface area contributed by atoms with Crippen LogP contribution in [0.25, 0.3) is 0 Å². The van der Waals surface area contributed by atoms with Gasteiger partial charge in [0.25, 0.3) is 0 Å². The molecule has 40 heavy (non-hydrogen) atoms. The van der Waals surface area contributed by atoms with Gasteiger partial charge in [0.15, 0.2) is 22.3 Å². The molecule has 1 atom stereocenters. The number of likely N-dealkylation sites (tertiary alicyclic amines) is 1. The van der Waals surface area contributed by atoms with E-state index < -0.39 is 55.1 Å². The molecular weight excluding hydrogens is 581 g/mol. The van der Waals surface area contributed by atoms with Crippen LogP contribution in [0.4, 0.5) is 27.8 Å². The van der Waals surface area contributed by atoms with Gasteiger partial charge in [-0.05, 0) is 32.3 Å². The number of hydrogen-bond acceptors (Lipinski definition) is 8. The number of carbonyl (C=O) groups is 1. The van der Waals surface area contributed by atoms with Crippen LogP contribution in [0.15, 0.2) is 52.2 Å². The minimum atomic E-state index is -5.59. The number of anilines is 1. The highest BCUT2D eigenvalue weighted by Crippen LogP contribution is 2.35. The number of rotatable bonds is 8. The van der Waals surface area contributed by atoms with Gasteiger partial charge in [-0.15, -0.1) is 11.3 Å². The van der Waals surface area contributed by atoms with Crippen LogP contribution in [-0.2, 0) is 19.7 Å². The van der Waals surface area contributed by atoms with E-state index in [1.54, 1.807) is 0 Å². The van der Waals surface area contributed by atoms with Crippen molar-refractivity contribution in [3.05, 3.63) is 70.1 Å². The Hall–Kier alpha value is -3.30. The van der Waals surface area contributed by atoms with Gasteiger partial charge in [0.1, 0.15) is 11.9 Å². The Morgan fingerprint density at radius 2 is 1.82 bits per heavy atom. The lowest BCUT2D eigenvalue weighted by Crippen LogP contribution is -2.40. The maximum absolute atomic E-state index is 15.4. The molecule has 0 spiro atoms. The molecule has 8 nitrogen and oxygen atoms in total. The molecule has 4 rings (SSSR count). The zero-order valence-electron chi connectivity index (χ0n) is 21.2. The molecule has 1 saturated heterocycles. The van der Waals surface area contributed by atoms with E-state index in [1.807, 2.05) is 30.3 Å². The zero-order valence-corrected chi connectivity index (χ0v) is 22.8. The molecule has 0 unspecified atom stereocenters. The van der Waals surface area contributed by atoms with Gasteiger partial charge in [0.05, 0.1) is 5.51 Å². The molecule has 2 heterocycles. The summed E-state index contributed by atoms with van der Waals surface area (Å²) in [5, 5.41) is 0.923. The highest BCUT2D eigenvalue weighted by atomic mass is 32.2. The quantitative estimate of drug-likeness (QED) is 0.246. The second-order valence-corrected chi connectivity index (χ2v) is 11.4. The molecular formula is C25H24F5N3O5S2. The highest BCUT2D eigenvalue weighted by molar-refractivity contribution is 7.92. The van der Waals surface area contributed by atoms with Gasteiger partial charge in [-0.25, -0.2) is 18.6 Å². The lowest BCUT2D eigenvalue weighted by atomic mass is 10.0. The SMILES string of the molecule is Cc1c(OC2CCN([C@H](C)c3ccccc3)CC2)cc(F)c(S(=O)(=O)N(OC(=O)C(F)(F)F)c2cscn2)c1F. The van der Waals surface area contributed by atoms with Crippen molar-refractivity contribution >= 4 is 33.1 Å².